The number of ether oxygens (including phenoxy) is 1. The molecule has 0 saturated carbocycles. The average Bonchev–Trinajstić information content (AvgIpc) is 2.34. The van der Waals surface area contributed by atoms with Crippen molar-refractivity contribution in [2.75, 3.05) is 25.5 Å². The maximum absolute atomic E-state index is 11.5. The molecule has 17 heavy (non-hydrogen) atoms. The number of hydrogen-bond acceptors (Lipinski definition) is 6. The molecule has 8 nitrogen and oxygen atoms in total. The first-order valence-corrected chi connectivity index (χ1v) is 4.85. The smallest absolute Gasteiger partial charge is 0.404 e. The Bertz CT molecular complexity index is 392. The Balaban J connectivity index is 2.38. The van der Waals surface area contributed by atoms with E-state index in [-0.39, 0.29) is 18.8 Å². The van der Waals surface area contributed by atoms with Crippen LogP contribution >= 0.6 is 0 Å². The minimum absolute atomic E-state index is 0.0170. The van der Waals surface area contributed by atoms with E-state index in [4.69, 9.17) is 5.73 Å². The summed E-state index contributed by atoms with van der Waals surface area (Å²) in [5.74, 6) is 0.173. The molecule has 0 unspecified atom stereocenters. The lowest BCUT2D eigenvalue weighted by molar-refractivity contribution is 0.0931. The fourth-order valence-corrected chi connectivity index (χ4v) is 0.993. The zero-order valence-electron chi connectivity index (χ0n) is 9.27. The van der Waals surface area contributed by atoms with Crippen molar-refractivity contribution >= 4 is 17.8 Å². The molecule has 1 aromatic rings. The van der Waals surface area contributed by atoms with Crippen LogP contribution in [0.25, 0.3) is 0 Å². The Kier molecular flexibility index (Phi) is 4.67. The second kappa shape index (κ2) is 6.26. The van der Waals surface area contributed by atoms with Crippen LogP contribution in [0.4, 0.5) is 10.6 Å². The topological polar surface area (TPSA) is 119 Å². The van der Waals surface area contributed by atoms with E-state index in [1.807, 2.05) is 0 Å². The summed E-state index contributed by atoms with van der Waals surface area (Å²) in [6.07, 6.45) is -0.877. The summed E-state index contributed by atoms with van der Waals surface area (Å²) in [4.78, 5) is 21.7. The van der Waals surface area contributed by atoms with E-state index in [9.17, 15) is 9.59 Å². The summed E-state index contributed by atoms with van der Waals surface area (Å²) in [5.41, 5.74) is 4.93. The average molecular weight is 239 g/mol. The van der Waals surface area contributed by atoms with E-state index in [2.05, 4.69) is 25.6 Å². The zero-order valence-corrected chi connectivity index (χ0v) is 9.27. The van der Waals surface area contributed by atoms with Gasteiger partial charge in [0.05, 0.1) is 6.54 Å². The Hall–Kier alpha value is -2.38. The van der Waals surface area contributed by atoms with Crippen molar-refractivity contribution in [1.82, 2.24) is 15.5 Å². The molecule has 0 aliphatic heterocycles. The summed E-state index contributed by atoms with van der Waals surface area (Å²) in [5, 5.41) is 12.7. The lowest BCUT2D eigenvalue weighted by atomic mass is 10.3. The van der Waals surface area contributed by atoms with E-state index in [0.29, 0.717) is 5.82 Å². The number of hydrogen-bond donors (Lipinski definition) is 3. The minimum Gasteiger partial charge on any atom is -0.448 e. The molecule has 0 aliphatic rings. The number of carbonyl (C=O) groups is 2. The number of rotatable bonds is 5. The first-order chi connectivity index (χ1) is 8.13. The van der Waals surface area contributed by atoms with Crippen LogP contribution in [-0.2, 0) is 4.74 Å². The van der Waals surface area contributed by atoms with Gasteiger partial charge in [0, 0.05) is 7.05 Å². The molecule has 2 amide bonds. The van der Waals surface area contributed by atoms with Crippen molar-refractivity contribution < 1.29 is 14.3 Å². The highest BCUT2D eigenvalue weighted by Gasteiger charge is 2.07. The lowest BCUT2D eigenvalue weighted by Crippen LogP contribution is -2.29. The summed E-state index contributed by atoms with van der Waals surface area (Å²) >= 11 is 0. The molecule has 0 radical (unpaired) electrons. The van der Waals surface area contributed by atoms with Gasteiger partial charge in [-0.15, -0.1) is 10.2 Å². The zero-order chi connectivity index (χ0) is 12.7. The van der Waals surface area contributed by atoms with E-state index >= 15 is 0 Å². The van der Waals surface area contributed by atoms with Crippen molar-refractivity contribution in [3.8, 4) is 0 Å². The van der Waals surface area contributed by atoms with Crippen molar-refractivity contribution in [2.45, 2.75) is 0 Å². The van der Waals surface area contributed by atoms with Crippen LogP contribution in [0.1, 0.15) is 10.5 Å². The van der Waals surface area contributed by atoms with Gasteiger partial charge >= 0.3 is 6.09 Å². The fourth-order valence-electron chi connectivity index (χ4n) is 0.993. The second-order valence-electron chi connectivity index (χ2n) is 2.98. The standard InChI is InChI=1S/C9H13N5O3/c1-11-7-3-2-6(13-14-7)8(15)12-4-5-17-9(10)16/h2-3H,4-5H2,1H3,(H2,10,16)(H,11,14)(H,12,15). The Morgan fingerprint density at radius 3 is 2.71 bits per heavy atom. The number of aromatic nitrogens is 2. The fraction of sp³-hybridized carbons (Fsp3) is 0.333. The van der Waals surface area contributed by atoms with Gasteiger partial charge in [-0.05, 0) is 12.1 Å². The molecule has 0 saturated heterocycles. The third kappa shape index (κ3) is 4.33. The summed E-state index contributed by atoms with van der Waals surface area (Å²) in [6, 6.07) is 3.16. The lowest BCUT2D eigenvalue weighted by Gasteiger charge is -2.04. The van der Waals surface area contributed by atoms with Gasteiger partial charge in [-0.3, -0.25) is 4.79 Å². The van der Waals surface area contributed by atoms with Crippen LogP contribution in [-0.4, -0.2) is 42.4 Å². The molecule has 0 aromatic carbocycles. The van der Waals surface area contributed by atoms with E-state index in [1.54, 1.807) is 13.1 Å². The van der Waals surface area contributed by atoms with Crippen molar-refractivity contribution in [2.24, 2.45) is 5.73 Å². The van der Waals surface area contributed by atoms with Gasteiger partial charge in [0.25, 0.3) is 5.91 Å². The molecule has 0 spiro atoms. The largest absolute Gasteiger partial charge is 0.448 e. The highest BCUT2D eigenvalue weighted by atomic mass is 16.5. The van der Waals surface area contributed by atoms with E-state index in [1.165, 1.54) is 6.07 Å². The monoisotopic (exact) mass is 239 g/mol. The Morgan fingerprint density at radius 1 is 1.41 bits per heavy atom. The van der Waals surface area contributed by atoms with Crippen LogP contribution in [0.15, 0.2) is 12.1 Å². The predicted octanol–water partition coefficient (Wildman–Crippen LogP) is -0.657. The van der Waals surface area contributed by atoms with Crippen molar-refractivity contribution in [3.63, 3.8) is 0 Å². The third-order valence-electron chi connectivity index (χ3n) is 1.79. The van der Waals surface area contributed by atoms with Crippen LogP contribution in [0, 0.1) is 0 Å². The Labute approximate surface area is 97.5 Å². The van der Waals surface area contributed by atoms with Gasteiger partial charge < -0.3 is 21.1 Å². The van der Waals surface area contributed by atoms with Crippen LogP contribution in [0.2, 0.25) is 0 Å². The molecule has 0 bridgehead atoms. The van der Waals surface area contributed by atoms with Gasteiger partial charge in [0.2, 0.25) is 0 Å². The second-order valence-corrected chi connectivity index (χ2v) is 2.98. The number of nitrogens with two attached hydrogens (primary N) is 1. The molecule has 1 aromatic heterocycles. The van der Waals surface area contributed by atoms with Gasteiger partial charge in [-0.25, -0.2) is 4.79 Å². The molecule has 1 rings (SSSR count). The summed E-state index contributed by atoms with van der Waals surface area (Å²) in [7, 11) is 1.70. The van der Waals surface area contributed by atoms with Crippen LogP contribution in [0.3, 0.4) is 0 Å². The minimum atomic E-state index is -0.877. The molecule has 4 N–H and O–H groups in total. The predicted molar refractivity (Wildman–Crippen MR) is 59.4 cm³/mol. The molecule has 8 heteroatoms. The van der Waals surface area contributed by atoms with Gasteiger partial charge in [0.15, 0.2) is 5.69 Å². The first-order valence-electron chi connectivity index (χ1n) is 4.85. The summed E-state index contributed by atoms with van der Waals surface area (Å²) < 4.78 is 4.44. The highest BCUT2D eigenvalue weighted by molar-refractivity contribution is 5.92. The number of nitrogens with zero attached hydrogens (tertiary/aromatic N) is 2. The van der Waals surface area contributed by atoms with E-state index < -0.39 is 12.0 Å². The number of nitrogens with one attached hydrogen (secondary N) is 2. The quantitative estimate of drug-likeness (QED) is 0.587. The molecule has 0 fully saturated rings. The molecule has 0 aliphatic carbocycles. The van der Waals surface area contributed by atoms with Crippen LogP contribution < -0.4 is 16.4 Å². The van der Waals surface area contributed by atoms with Crippen molar-refractivity contribution in [1.29, 1.82) is 0 Å². The van der Waals surface area contributed by atoms with E-state index in [0.717, 1.165) is 0 Å². The normalized spacial score (nSPS) is 9.47. The summed E-state index contributed by atoms with van der Waals surface area (Å²) in [6.45, 7) is 0.181. The van der Waals surface area contributed by atoms with Gasteiger partial charge in [-0.2, -0.15) is 0 Å². The molecule has 0 atom stereocenters. The first kappa shape index (κ1) is 12.7. The Morgan fingerprint density at radius 2 is 2.18 bits per heavy atom. The third-order valence-corrected chi connectivity index (χ3v) is 1.79. The van der Waals surface area contributed by atoms with Crippen molar-refractivity contribution in [3.05, 3.63) is 17.8 Å². The number of anilines is 1. The molecule has 1 heterocycles. The highest BCUT2D eigenvalue weighted by Crippen LogP contribution is 1.99. The number of amides is 2. The molecule has 92 valence electrons. The van der Waals surface area contributed by atoms with Gasteiger partial charge in [-0.1, -0.05) is 0 Å². The molecular formula is C9H13N5O3. The van der Waals surface area contributed by atoms with Gasteiger partial charge in [0.1, 0.15) is 12.4 Å². The SMILES string of the molecule is CNc1ccc(C(=O)NCCOC(N)=O)nn1. The molecular weight excluding hydrogens is 226 g/mol. The van der Waals surface area contributed by atoms with Crippen LogP contribution in [0.5, 0.6) is 0 Å². The maximum Gasteiger partial charge on any atom is 0.404 e. The number of primary amides is 1. The maximum atomic E-state index is 11.5. The number of carbonyl (C=O) groups excluding carboxylic acids is 2.